The molecule has 0 bridgehead atoms. The van der Waals surface area contributed by atoms with Gasteiger partial charge in [-0.2, -0.15) is 0 Å². The first-order chi connectivity index (χ1) is 7.50. The van der Waals surface area contributed by atoms with Crippen LogP contribution in [-0.4, -0.2) is 86.3 Å². The molecule has 1 aliphatic heterocycles. The van der Waals surface area contributed by atoms with E-state index in [1.54, 1.807) is 0 Å². The molecule has 1 heterocycles. The maximum Gasteiger partial charge on any atom is 0.0628 e. The van der Waals surface area contributed by atoms with Crippen LogP contribution in [0.15, 0.2) is 0 Å². The van der Waals surface area contributed by atoms with Crippen molar-refractivity contribution in [3.8, 4) is 0 Å². The van der Waals surface area contributed by atoms with E-state index in [1.807, 2.05) is 0 Å². The van der Waals surface area contributed by atoms with E-state index in [2.05, 4.69) is 42.9 Å². The number of likely N-dealkylation sites (tertiary alicyclic amines) is 1. The van der Waals surface area contributed by atoms with E-state index in [4.69, 9.17) is 0 Å². The van der Waals surface area contributed by atoms with E-state index < -0.39 is 0 Å². The highest BCUT2D eigenvalue weighted by molar-refractivity contribution is 4.96. The second kappa shape index (κ2) is 5.96. The zero-order valence-corrected chi connectivity index (χ0v) is 11.2. The molecule has 1 aliphatic rings. The highest BCUT2D eigenvalue weighted by Crippen LogP contribution is 2.25. The van der Waals surface area contributed by atoms with Crippen LogP contribution in [0.5, 0.6) is 0 Å². The van der Waals surface area contributed by atoms with E-state index in [1.165, 1.54) is 6.42 Å². The summed E-state index contributed by atoms with van der Waals surface area (Å²) in [6.07, 6.45) is 2.29. The fraction of sp³-hybridized carbons (Fsp3) is 1.00. The van der Waals surface area contributed by atoms with Gasteiger partial charge in [0.2, 0.25) is 0 Å². The minimum absolute atomic E-state index is 0.00187. The van der Waals surface area contributed by atoms with Gasteiger partial charge in [-0.3, -0.25) is 0 Å². The van der Waals surface area contributed by atoms with Gasteiger partial charge >= 0.3 is 0 Å². The topological polar surface area (TPSA) is 30.0 Å². The van der Waals surface area contributed by atoms with Gasteiger partial charge in [0.25, 0.3) is 0 Å². The molecule has 0 aromatic heterocycles. The van der Waals surface area contributed by atoms with Crippen LogP contribution in [0.4, 0.5) is 0 Å². The number of nitrogens with zero attached hydrogens (tertiary/aromatic N) is 3. The van der Waals surface area contributed by atoms with Crippen LogP contribution >= 0.6 is 0 Å². The van der Waals surface area contributed by atoms with Crippen molar-refractivity contribution >= 4 is 0 Å². The molecule has 1 saturated heterocycles. The fourth-order valence-corrected chi connectivity index (χ4v) is 2.38. The number of aliphatic hydroxyl groups excluding tert-OH is 1. The van der Waals surface area contributed by atoms with E-state index in [0.29, 0.717) is 0 Å². The Balaban J connectivity index is 2.33. The summed E-state index contributed by atoms with van der Waals surface area (Å²) in [6.45, 7) is 4.68. The normalized spacial score (nSPS) is 27.2. The summed E-state index contributed by atoms with van der Waals surface area (Å²) in [6, 6.07) is 0. The number of hydrogen-bond donors (Lipinski definition) is 1. The predicted octanol–water partition coefficient (Wildman–Crippen LogP) is -0.0635. The van der Waals surface area contributed by atoms with Gasteiger partial charge in [0.15, 0.2) is 0 Å². The zero-order chi connectivity index (χ0) is 12.2. The minimum Gasteiger partial charge on any atom is -0.394 e. The highest BCUT2D eigenvalue weighted by atomic mass is 16.3. The molecule has 0 amide bonds. The number of rotatable bonds is 6. The van der Waals surface area contributed by atoms with E-state index in [-0.39, 0.29) is 12.1 Å². The lowest BCUT2D eigenvalue weighted by Crippen LogP contribution is -2.49. The number of hydrogen-bond acceptors (Lipinski definition) is 4. The quantitative estimate of drug-likeness (QED) is 0.691. The Kier molecular flexibility index (Phi) is 5.18. The Morgan fingerprint density at radius 3 is 2.38 bits per heavy atom. The molecular formula is C12H27N3O. The van der Waals surface area contributed by atoms with E-state index in [0.717, 1.165) is 32.6 Å². The Labute approximate surface area is 99.8 Å². The lowest BCUT2D eigenvalue weighted by molar-refractivity contribution is 0.0741. The molecule has 4 heteroatoms. The van der Waals surface area contributed by atoms with Gasteiger partial charge in [0.1, 0.15) is 0 Å². The monoisotopic (exact) mass is 229 g/mol. The van der Waals surface area contributed by atoms with Gasteiger partial charge in [-0.15, -0.1) is 0 Å². The molecule has 1 unspecified atom stereocenters. The van der Waals surface area contributed by atoms with Crippen LogP contribution in [-0.2, 0) is 0 Å². The molecular weight excluding hydrogens is 202 g/mol. The second-order valence-corrected chi connectivity index (χ2v) is 5.46. The first kappa shape index (κ1) is 13.9. The molecule has 0 saturated carbocycles. The third kappa shape index (κ3) is 3.42. The molecule has 0 aromatic rings. The smallest absolute Gasteiger partial charge is 0.0628 e. The summed E-state index contributed by atoms with van der Waals surface area (Å²) in [4.78, 5) is 6.87. The summed E-state index contributed by atoms with van der Waals surface area (Å²) < 4.78 is 0. The molecule has 1 N–H and O–H groups in total. The maximum absolute atomic E-state index is 9.54. The first-order valence-electron chi connectivity index (χ1n) is 6.15. The van der Waals surface area contributed by atoms with Crippen molar-refractivity contribution in [1.82, 2.24) is 14.7 Å². The van der Waals surface area contributed by atoms with Crippen molar-refractivity contribution in [2.45, 2.75) is 18.4 Å². The van der Waals surface area contributed by atoms with Gasteiger partial charge in [0, 0.05) is 13.1 Å². The van der Waals surface area contributed by atoms with Gasteiger partial charge in [-0.25, -0.2) is 0 Å². The van der Waals surface area contributed by atoms with Gasteiger partial charge < -0.3 is 19.8 Å². The van der Waals surface area contributed by atoms with Crippen LogP contribution < -0.4 is 0 Å². The highest BCUT2D eigenvalue weighted by Gasteiger charge is 2.39. The molecule has 0 aromatic carbocycles. The molecule has 96 valence electrons. The molecule has 0 radical (unpaired) electrons. The third-order valence-electron chi connectivity index (χ3n) is 3.73. The molecule has 1 rings (SSSR count). The summed E-state index contributed by atoms with van der Waals surface area (Å²) >= 11 is 0. The van der Waals surface area contributed by atoms with Crippen molar-refractivity contribution in [2.24, 2.45) is 0 Å². The van der Waals surface area contributed by atoms with E-state index in [9.17, 15) is 5.11 Å². The van der Waals surface area contributed by atoms with Crippen molar-refractivity contribution in [2.75, 3.05) is 61.0 Å². The minimum atomic E-state index is -0.00187. The Morgan fingerprint density at radius 1 is 1.25 bits per heavy atom. The average molecular weight is 229 g/mol. The second-order valence-electron chi connectivity index (χ2n) is 5.46. The first-order valence-corrected chi connectivity index (χ1v) is 6.15. The summed E-state index contributed by atoms with van der Waals surface area (Å²) in [7, 11) is 8.36. The third-order valence-corrected chi connectivity index (χ3v) is 3.73. The largest absolute Gasteiger partial charge is 0.394 e. The van der Waals surface area contributed by atoms with Gasteiger partial charge in [-0.1, -0.05) is 0 Å². The van der Waals surface area contributed by atoms with Crippen molar-refractivity contribution < 1.29 is 5.11 Å². The van der Waals surface area contributed by atoms with Crippen LogP contribution in [0.3, 0.4) is 0 Å². The Hall–Kier alpha value is -0.160. The van der Waals surface area contributed by atoms with Crippen molar-refractivity contribution in [1.29, 1.82) is 0 Å². The van der Waals surface area contributed by atoms with Crippen LogP contribution in [0.25, 0.3) is 0 Å². The van der Waals surface area contributed by atoms with Crippen LogP contribution in [0.1, 0.15) is 12.8 Å². The SMILES string of the molecule is CN(C)CCCN1CCC(CO)(N(C)C)C1. The van der Waals surface area contributed by atoms with Gasteiger partial charge in [0.05, 0.1) is 12.1 Å². The molecule has 0 aliphatic carbocycles. The zero-order valence-electron chi connectivity index (χ0n) is 11.2. The van der Waals surface area contributed by atoms with Crippen molar-refractivity contribution in [3.63, 3.8) is 0 Å². The average Bonchev–Trinajstić information content (AvgIpc) is 2.62. The molecule has 0 spiro atoms. The number of likely N-dealkylation sites (N-methyl/N-ethyl adjacent to an activating group) is 1. The summed E-state index contributed by atoms with van der Waals surface area (Å²) in [5.41, 5.74) is -0.00187. The summed E-state index contributed by atoms with van der Waals surface area (Å²) in [5, 5.41) is 9.54. The standard InChI is InChI=1S/C12H27N3O/c1-13(2)7-5-8-15-9-6-12(10-15,11-16)14(3)4/h16H,5-11H2,1-4H3. The maximum atomic E-state index is 9.54. The molecule has 16 heavy (non-hydrogen) atoms. The van der Waals surface area contributed by atoms with Crippen LogP contribution in [0.2, 0.25) is 0 Å². The Morgan fingerprint density at radius 2 is 1.94 bits per heavy atom. The molecule has 1 fully saturated rings. The molecule has 4 nitrogen and oxygen atoms in total. The van der Waals surface area contributed by atoms with E-state index >= 15 is 0 Å². The summed E-state index contributed by atoms with van der Waals surface area (Å²) in [5.74, 6) is 0. The van der Waals surface area contributed by atoms with Crippen LogP contribution in [0, 0.1) is 0 Å². The molecule has 1 atom stereocenters. The predicted molar refractivity (Wildman–Crippen MR) is 67.7 cm³/mol. The lowest BCUT2D eigenvalue weighted by Gasteiger charge is -2.34. The van der Waals surface area contributed by atoms with Gasteiger partial charge in [-0.05, 0) is 54.1 Å². The lowest BCUT2D eigenvalue weighted by atomic mass is 9.99. The fourth-order valence-electron chi connectivity index (χ4n) is 2.38. The van der Waals surface area contributed by atoms with Crippen molar-refractivity contribution in [3.05, 3.63) is 0 Å². The number of aliphatic hydroxyl groups is 1. The Bertz CT molecular complexity index is 208.